The van der Waals surface area contributed by atoms with Gasteiger partial charge in [0, 0.05) is 30.6 Å². The number of nitrogens with zero attached hydrogens (tertiary/aromatic N) is 3. The van der Waals surface area contributed by atoms with Gasteiger partial charge in [0.05, 0.1) is 24.0 Å². The maximum atomic E-state index is 6.25. The third kappa shape index (κ3) is 2.23. The normalized spacial score (nSPS) is 21.5. The lowest BCUT2D eigenvalue weighted by Gasteiger charge is -2.13. The Morgan fingerprint density at radius 3 is 3.28 bits per heavy atom. The van der Waals surface area contributed by atoms with Crippen LogP contribution in [0.1, 0.15) is 37.3 Å². The van der Waals surface area contributed by atoms with Gasteiger partial charge in [-0.1, -0.05) is 0 Å². The number of aromatic nitrogens is 3. The Bertz CT molecular complexity index is 518. The lowest BCUT2D eigenvalue weighted by atomic mass is 10.0. The summed E-state index contributed by atoms with van der Waals surface area (Å²) in [6, 6.07) is 0.0101. The van der Waals surface area contributed by atoms with Crippen molar-refractivity contribution in [3.63, 3.8) is 0 Å². The summed E-state index contributed by atoms with van der Waals surface area (Å²) >= 11 is 0. The van der Waals surface area contributed by atoms with Crippen molar-refractivity contribution in [3.8, 4) is 0 Å². The molecule has 1 aliphatic rings. The molecule has 5 heteroatoms. The maximum Gasteiger partial charge on any atom is 0.0892 e. The van der Waals surface area contributed by atoms with Crippen molar-refractivity contribution in [1.82, 2.24) is 14.6 Å². The number of ether oxygens (including phenoxy) is 1. The number of rotatable bonds is 4. The first-order valence-corrected chi connectivity index (χ1v) is 6.49. The van der Waals surface area contributed by atoms with Crippen LogP contribution in [-0.4, -0.2) is 27.3 Å². The second-order valence-electron chi connectivity index (χ2n) is 4.82. The molecule has 2 N–H and O–H groups in total. The topological polar surface area (TPSA) is 65.4 Å². The highest BCUT2D eigenvalue weighted by Gasteiger charge is 2.18. The molecule has 3 rings (SSSR count). The molecular formula is C13H18N4O. The summed E-state index contributed by atoms with van der Waals surface area (Å²) in [5.41, 5.74) is 8.31. The lowest BCUT2D eigenvalue weighted by molar-refractivity contribution is 0.101. The molecule has 5 nitrogen and oxygen atoms in total. The van der Waals surface area contributed by atoms with Gasteiger partial charge in [-0.15, -0.1) is 0 Å². The minimum Gasteiger partial charge on any atom is -0.378 e. The van der Waals surface area contributed by atoms with Gasteiger partial charge in [-0.25, -0.2) is 4.52 Å². The summed E-state index contributed by atoms with van der Waals surface area (Å²) in [4.78, 5) is 4.12. The van der Waals surface area contributed by atoms with Crippen LogP contribution >= 0.6 is 0 Å². The predicted molar refractivity (Wildman–Crippen MR) is 68.1 cm³/mol. The van der Waals surface area contributed by atoms with Gasteiger partial charge in [0.1, 0.15) is 0 Å². The van der Waals surface area contributed by atoms with Gasteiger partial charge in [0.2, 0.25) is 0 Å². The van der Waals surface area contributed by atoms with Crippen LogP contribution in [0.3, 0.4) is 0 Å². The van der Waals surface area contributed by atoms with Gasteiger partial charge in [0.25, 0.3) is 0 Å². The maximum absolute atomic E-state index is 6.25. The highest BCUT2D eigenvalue weighted by molar-refractivity contribution is 5.52. The average molecular weight is 246 g/mol. The van der Waals surface area contributed by atoms with E-state index in [1.807, 2.05) is 23.1 Å². The molecule has 96 valence electrons. The molecule has 0 bridgehead atoms. The van der Waals surface area contributed by atoms with Crippen molar-refractivity contribution in [3.05, 3.63) is 30.4 Å². The van der Waals surface area contributed by atoms with E-state index in [0.717, 1.165) is 30.5 Å². The van der Waals surface area contributed by atoms with Crippen LogP contribution in [0.25, 0.3) is 5.52 Å². The summed E-state index contributed by atoms with van der Waals surface area (Å²) in [5, 5.41) is 4.28. The summed E-state index contributed by atoms with van der Waals surface area (Å²) in [7, 11) is 0. The summed E-state index contributed by atoms with van der Waals surface area (Å²) < 4.78 is 7.43. The van der Waals surface area contributed by atoms with Crippen LogP contribution in [-0.2, 0) is 4.74 Å². The number of hydrogen-bond acceptors (Lipinski definition) is 4. The Balaban J connectivity index is 1.69. The predicted octanol–water partition coefficient (Wildman–Crippen LogP) is 1.69. The molecule has 1 saturated heterocycles. The van der Waals surface area contributed by atoms with Crippen LogP contribution in [0.2, 0.25) is 0 Å². The fourth-order valence-corrected chi connectivity index (χ4v) is 2.53. The number of fused-ring (bicyclic) bond motifs is 1. The summed E-state index contributed by atoms with van der Waals surface area (Å²) in [5.74, 6) is 0. The van der Waals surface area contributed by atoms with Gasteiger partial charge >= 0.3 is 0 Å². The van der Waals surface area contributed by atoms with E-state index in [1.54, 1.807) is 6.20 Å². The third-order valence-electron chi connectivity index (χ3n) is 3.58. The van der Waals surface area contributed by atoms with Gasteiger partial charge in [0.15, 0.2) is 0 Å². The molecule has 0 aliphatic carbocycles. The molecule has 2 aromatic rings. The molecule has 3 heterocycles. The van der Waals surface area contributed by atoms with Gasteiger partial charge < -0.3 is 10.5 Å². The van der Waals surface area contributed by atoms with Gasteiger partial charge in [-0.2, -0.15) is 5.10 Å². The Morgan fingerprint density at radius 1 is 1.50 bits per heavy atom. The van der Waals surface area contributed by atoms with Crippen molar-refractivity contribution < 1.29 is 4.74 Å². The van der Waals surface area contributed by atoms with E-state index in [0.29, 0.717) is 6.10 Å². The SMILES string of the molecule is NC(CCC1CCCO1)c1cnn2ccncc12. The molecule has 0 spiro atoms. The first-order valence-electron chi connectivity index (χ1n) is 6.49. The molecule has 2 aromatic heterocycles. The molecule has 1 aliphatic heterocycles. The fourth-order valence-electron chi connectivity index (χ4n) is 2.53. The van der Waals surface area contributed by atoms with E-state index in [9.17, 15) is 0 Å². The largest absolute Gasteiger partial charge is 0.378 e. The molecule has 0 radical (unpaired) electrons. The molecule has 0 aromatic carbocycles. The Kier molecular flexibility index (Phi) is 3.25. The number of hydrogen-bond donors (Lipinski definition) is 1. The first kappa shape index (κ1) is 11.6. The van der Waals surface area contributed by atoms with E-state index < -0.39 is 0 Å². The molecule has 0 saturated carbocycles. The molecule has 1 fully saturated rings. The molecule has 2 unspecified atom stereocenters. The van der Waals surface area contributed by atoms with Crippen molar-refractivity contribution in [2.45, 2.75) is 37.8 Å². The Hall–Kier alpha value is -1.46. The first-order chi connectivity index (χ1) is 8.84. The van der Waals surface area contributed by atoms with Gasteiger partial charge in [-0.3, -0.25) is 4.98 Å². The summed E-state index contributed by atoms with van der Waals surface area (Å²) in [6.07, 6.45) is 11.9. The molecule has 18 heavy (non-hydrogen) atoms. The van der Waals surface area contributed by atoms with Crippen LogP contribution in [0, 0.1) is 0 Å². The van der Waals surface area contributed by atoms with E-state index in [2.05, 4.69) is 10.1 Å². The highest BCUT2D eigenvalue weighted by atomic mass is 16.5. The van der Waals surface area contributed by atoms with E-state index in [-0.39, 0.29) is 6.04 Å². The number of nitrogens with two attached hydrogens (primary N) is 1. The van der Waals surface area contributed by atoms with Crippen LogP contribution in [0.5, 0.6) is 0 Å². The standard InChI is InChI=1S/C13H18N4O/c14-12(4-3-10-2-1-7-18-10)11-8-16-17-6-5-15-9-13(11)17/h5-6,8-10,12H,1-4,7,14H2. The van der Waals surface area contributed by atoms with E-state index in [1.165, 1.54) is 12.8 Å². The molecule has 0 amide bonds. The fraction of sp³-hybridized carbons (Fsp3) is 0.538. The Labute approximate surface area is 106 Å². The third-order valence-corrected chi connectivity index (χ3v) is 3.58. The quantitative estimate of drug-likeness (QED) is 0.891. The van der Waals surface area contributed by atoms with Crippen LogP contribution < -0.4 is 5.73 Å². The van der Waals surface area contributed by atoms with Crippen molar-refractivity contribution in [2.24, 2.45) is 5.73 Å². The smallest absolute Gasteiger partial charge is 0.0892 e. The monoisotopic (exact) mass is 246 g/mol. The highest BCUT2D eigenvalue weighted by Crippen LogP contribution is 2.24. The van der Waals surface area contributed by atoms with E-state index >= 15 is 0 Å². The van der Waals surface area contributed by atoms with Crippen LogP contribution in [0.15, 0.2) is 24.8 Å². The summed E-state index contributed by atoms with van der Waals surface area (Å²) in [6.45, 7) is 0.903. The molecular weight excluding hydrogens is 228 g/mol. The molecule has 2 atom stereocenters. The van der Waals surface area contributed by atoms with Crippen molar-refractivity contribution in [2.75, 3.05) is 6.61 Å². The lowest BCUT2D eigenvalue weighted by Crippen LogP contribution is -2.14. The minimum absolute atomic E-state index is 0.0101. The van der Waals surface area contributed by atoms with Gasteiger partial charge in [-0.05, 0) is 25.7 Å². The second-order valence-corrected chi connectivity index (χ2v) is 4.82. The van der Waals surface area contributed by atoms with E-state index in [4.69, 9.17) is 10.5 Å². The van der Waals surface area contributed by atoms with Crippen molar-refractivity contribution in [1.29, 1.82) is 0 Å². The zero-order chi connectivity index (χ0) is 12.4. The zero-order valence-electron chi connectivity index (χ0n) is 10.3. The second kappa shape index (κ2) is 5.04. The minimum atomic E-state index is 0.0101. The van der Waals surface area contributed by atoms with Crippen LogP contribution in [0.4, 0.5) is 0 Å². The Morgan fingerprint density at radius 2 is 2.44 bits per heavy atom. The zero-order valence-corrected chi connectivity index (χ0v) is 10.3. The average Bonchev–Trinajstić information content (AvgIpc) is 3.05. The van der Waals surface area contributed by atoms with Crippen molar-refractivity contribution >= 4 is 5.52 Å².